The molecule has 5 heteroatoms. The first-order chi connectivity index (χ1) is 9.49. The van der Waals surface area contributed by atoms with Crippen LogP contribution in [0.4, 0.5) is 0 Å². The minimum atomic E-state index is -0.821. The number of rotatable bonds is 5. The van der Waals surface area contributed by atoms with Gasteiger partial charge in [0.15, 0.2) is 0 Å². The fraction of sp³-hybridized carbons (Fsp3) is 0.333. The summed E-state index contributed by atoms with van der Waals surface area (Å²) in [6.45, 7) is 3.91. The highest BCUT2D eigenvalue weighted by Gasteiger charge is 2.08. The van der Waals surface area contributed by atoms with Gasteiger partial charge in [0, 0.05) is 24.9 Å². The minimum absolute atomic E-state index is 0.0876. The lowest BCUT2D eigenvalue weighted by Crippen LogP contribution is -2.24. The van der Waals surface area contributed by atoms with Crippen LogP contribution in [0, 0.1) is 0 Å². The maximum Gasteiger partial charge on any atom is 0.332 e. The molecule has 2 aromatic rings. The molecule has 1 aromatic heterocycles. The Labute approximate surface area is 117 Å². The Morgan fingerprint density at radius 3 is 2.65 bits per heavy atom. The second-order valence-corrected chi connectivity index (χ2v) is 5.02. The molecule has 106 valence electrons. The summed E-state index contributed by atoms with van der Waals surface area (Å²) >= 11 is 0. The van der Waals surface area contributed by atoms with Gasteiger partial charge in [0.2, 0.25) is 0 Å². The van der Waals surface area contributed by atoms with E-state index in [0.717, 1.165) is 11.3 Å². The molecule has 0 bridgehead atoms. The van der Waals surface area contributed by atoms with Gasteiger partial charge in [-0.3, -0.25) is 13.9 Å². The van der Waals surface area contributed by atoms with Crippen LogP contribution in [0.3, 0.4) is 0 Å². The van der Waals surface area contributed by atoms with Crippen LogP contribution in [0.25, 0.3) is 5.69 Å². The van der Waals surface area contributed by atoms with Crippen molar-refractivity contribution in [1.82, 2.24) is 9.13 Å². The third kappa shape index (κ3) is 2.99. The van der Waals surface area contributed by atoms with Crippen molar-refractivity contribution >= 4 is 5.97 Å². The summed E-state index contributed by atoms with van der Waals surface area (Å²) in [5, 5.41) is 8.71. The number of hydrogen-bond donors (Lipinski definition) is 1. The van der Waals surface area contributed by atoms with E-state index in [1.807, 2.05) is 38.1 Å². The molecule has 0 radical (unpaired) electrons. The molecule has 1 N–H and O–H groups in total. The first kappa shape index (κ1) is 14.1. The number of hydrogen-bond acceptors (Lipinski definition) is 2. The summed E-state index contributed by atoms with van der Waals surface area (Å²) in [6.07, 6.45) is 4.05. The van der Waals surface area contributed by atoms with Gasteiger partial charge < -0.3 is 5.11 Å². The van der Waals surface area contributed by atoms with Crippen molar-refractivity contribution in [3.05, 3.63) is 52.7 Å². The van der Waals surface area contributed by atoms with Crippen LogP contribution in [0.15, 0.2) is 41.5 Å². The van der Waals surface area contributed by atoms with Gasteiger partial charge in [0.25, 0.3) is 0 Å². The maximum atomic E-state index is 12.2. The molecule has 0 spiro atoms. The van der Waals surface area contributed by atoms with Gasteiger partial charge in [-0.05, 0) is 38.0 Å². The summed E-state index contributed by atoms with van der Waals surface area (Å²) in [4.78, 5) is 22.8. The molecule has 1 aromatic carbocycles. The van der Waals surface area contributed by atoms with Gasteiger partial charge >= 0.3 is 11.7 Å². The highest BCUT2D eigenvalue weighted by molar-refractivity contribution is 5.67. The maximum absolute atomic E-state index is 12.2. The second-order valence-electron chi connectivity index (χ2n) is 5.02. The fourth-order valence-electron chi connectivity index (χ4n) is 2.09. The van der Waals surface area contributed by atoms with Crippen LogP contribution >= 0.6 is 0 Å². The third-order valence-corrected chi connectivity index (χ3v) is 3.18. The van der Waals surface area contributed by atoms with E-state index in [1.165, 1.54) is 0 Å². The lowest BCUT2D eigenvalue weighted by atomic mass is 10.1. The number of carboxylic acids is 1. The van der Waals surface area contributed by atoms with Crippen LogP contribution in [0.1, 0.15) is 31.9 Å². The van der Waals surface area contributed by atoms with Crippen molar-refractivity contribution in [3.63, 3.8) is 0 Å². The Kier molecular flexibility index (Phi) is 4.08. The minimum Gasteiger partial charge on any atom is -0.481 e. The average molecular weight is 274 g/mol. The molecule has 0 saturated heterocycles. The van der Waals surface area contributed by atoms with Crippen LogP contribution in [-0.2, 0) is 11.2 Å². The monoisotopic (exact) mass is 274 g/mol. The van der Waals surface area contributed by atoms with E-state index in [-0.39, 0.29) is 18.2 Å². The van der Waals surface area contributed by atoms with Crippen LogP contribution in [0.5, 0.6) is 0 Å². The zero-order chi connectivity index (χ0) is 14.7. The molecular weight excluding hydrogens is 256 g/mol. The number of carbonyl (C=O) groups is 1. The average Bonchev–Trinajstić information content (AvgIpc) is 2.79. The molecule has 0 aliphatic carbocycles. The Bertz CT molecular complexity index is 668. The number of aromatic nitrogens is 2. The van der Waals surface area contributed by atoms with Crippen molar-refractivity contribution in [3.8, 4) is 5.69 Å². The lowest BCUT2D eigenvalue weighted by Gasteiger charge is -2.06. The highest BCUT2D eigenvalue weighted by atomic mass is 16.4. The number of aliphatic carboxylic acids is 1. The molecular formula is C15H18N2O3. The number of nitrogens with zero attached hydrogens (tertiary/aromatic N) is 2. The fourth-order valence-corrected chi connectivity index (χ4v) is 2.09. The third-order valence-electron chi connectivity index (χ3n) is 3.18. The van der Waals surface area contributed by atoms with Crippen molar-refractivity contribution in [2.45, 2.75) is 32.7 Å². The largest absolute Gasteiger partial charge is 0.481 e. The predicted molar refractivity (Wildman–Crippen MR) is 76.4 cm³/mol. The van der Waals surface area contributed by atoms with E-state index in [0.29, 0.717) is 6.42 Å². The van der Waals surface area contributed by atoms with E-state index >= 15 is 0 Å². The van der Waals surface area contributed by atoms with E-state index in [4.69, 9.17) is 5.11 Å². The van der Waals surface area contributed by atoms with Gasteiger partial charge in [0.1, 0.15) is 0 Å². The van der Waals surface area contributed by atoms with Crippen molar-refractivity contribution in [1.29, 1.82) is 0 Å². The summed E-state index contributed by atoms with van der Waals surface area (Å²) in [6, 6.07) is 7.52. The number of benzene rings is 1. The predicted octanol–water partition coefficient (Wildman–Crippen LogP) is 2.24. The smallest absolute Gasteiger partial charge is 0.332 e. The first-order valence-electron chi connectivity index (χ1n) is 6.59. The second kappa shape index (κ2) is 5.77. The molecule has 0 atom stereocenters. The van der Waals surface area contributed by atoms with Gasteiger partial charge in [-0.1, -0.05) is 12.1 Å². The normalized spacial score (nSPS) is 10.9. The summed E-state index contributed by atoms with van der Waals surface area (Å²) < 4.78 is 3.23. The number of aryl methyl sites for hydroxylation is 1. The Hall–Kier alpha value is -2.30. The molecule has 0 unspecified atom stereocenters. The Morgan fingerprint density at radius 1 is 1.30 bits per heavy atom. The zero-order valence-electron chi connectivity index (χ0n) is 11.6. The van der Waals surface area contributed by atoms with E-state index < -0.39 is 5.97 Å². The standard InChI is InChI=1S/C15H18N2O3/c1-11(2)16-8-9-17(15(16)20)13-5-3-4-12(10-13)6-7-14(18)19/h3-5,8-11H,6-7H2,1-2H3,(H,18,19). The van der Waals surface area contributed by atoms with Gasteiger partial charge in [-0.2, -0.15) is 0 Å². The van der Waals surface area contributed by atoms with Crippen molar-refractivity contribution in [2.75, 3.05) is 0 Å². The number of imidazole rings is 1. The van der Waals surface area contributed by atoms with E-state index in [1.54, 1.807) is 21.5 Å². The van der Waals surface area contributed by atoms with Crippen molar-refractivity contribution < 1.29 is 9.90 Å². The molecule has 0 saturated carbocycles. The summed E-state index contributed by atoms with van der Waals surface area (Å²) in [7, 11) is 0. The van der Waals surface area contributed by atoms with Gasteiger partial charge in [-0.25, -0.2) is 4.79 Å². The Balaban J connectivity index is 2.31. The molecule has 2 rings (SSSR count). The van der Waals surface area contributed by atoms with E-state index in [9.17, 15) is 9.59 Å². The topological polar surface area (TPSA) is 64.2 Å². The molecule has 0 aliphatic heterocycles. The first-order valence-corrected chi connectivity index (χ1v) is 6.59. The lowest BCUT2D eigenvalue weighted by molar-refractivity contribution is -0.136. The van der Waals surface area contributed by atoms with E-state index in [2.05, 4.69) is 0 Å². The van der Waals surface area contributed by atoms with Crippen molar-refractivity contribution in [2.24, 2.45) is 0 Å². The van der Waals surface area contributed by atoms with Gasteiger partial charge in [0.05, 0.1) is 5.69 Å². The molecule has 5 nitrogen and oxygen atoms in total. The van der Waals surface area contributed by atoms with Crippen LogP contribution < -0.4 is 5.69 Å². The zero-order valence-corrected chi connectivity index (χ0v) is 11.6. The molecule has 0 amide bonds. The number of carboxylic acid groups (broad SMARTS) is 1. The SMILES string of the molecule is CC(C)n1ccn(-c2cccc(CCC(=O)O)c2)c1=O. The quantitative estimate of drug-likeness (QED) is 0.909. The van der Waals surface area contributed by atoms with Crippen LogP contribution in [0.2, 0.25) is 0 Å². The Morgan fingerprint density at radius 2 is 2.05 bits per heavy atom. The van der Waals surface area contributed by atoms with Gasteiger partial charge in [-0.15, -0.1) is 0 Å². The summed E-state index contributed by atoms with van der Waals surface area (Å²) in [5.74, 6) is -0.821. The molecule has 0 fully saturated rings. The summed E-state index contributed by atoms with van der Waals surface area (Å²) in [5.41, 5.74) is 1.58. The highest BCUT2D eigenvalue weighted by Crippen LogP contribution is 2.11. The molecule has 0 aliphatic rings. The molecule has 20 heavy (non-hydrogen) atoms. The van der Waals surface area contributed by atoms with Crippen LogP contribution in [-0.4, -0.2) is 20.2 Å². The molecule has 1 heterocycles.